The summed E-state index contributed by atoms with van der Waals surface area (Å²) in [6.45, 7) is 0.599. The van der Waals surface area contributed by atoms with Crippen LogP contribution in [0.2, 0.25) is 0 Å². The van der Waals surface area contributed by atoms with Gasteiger partial charge in [0.1, 0.15) is 0 Å². The Balaban J connectivity index is 2.03. The van der Waals surface area contributed by atoms with E-state index < -0.39 is 0 Å². The minimum absolute atomic E-state index is 0.120. The molecule has 0 bridgehead atoms. The summed E-state index contributed by atoms with van der Waals surface area (Å²) in [4.78, 5) is 12.0. The zero-order chi connectivity index (χ0) is 13.9. The van der Waals surface area contributed by atoms with E-state index >= 15 is 0 Å². The number of phenolic OH excluding ortho intramolecular Hbond substituents is 2. The van der Waals surface area contributed by atoms with Crippen molar-refractivity contribution >= 4 is 17.7 Å². The molecule has 1 aliphatic carbocycles. The number of thioether (sulfide) groups is 1. The van der Waals surface area contributed by atoms with Gasteiger partial charge in [-0.1, -0.05) is 18.9 Å². The highest BCUT2D eigenvalue weighted by molar-refractivity contribution is 8.00. The number of hydrogen-bond acceptors (Lipinski definition) is 4. The number of benzene rings is 1. The fraction of sp³-hybridized carbons (Fsp3) is 0.500. The molecule has 1 aromatic rings. The number of aromatic hydroxyl groups is 2. The highest BCUT2D eigenvalue weighted by Gasteiger charge is 2.33. The minimum Gasteiger partial charge on any atom is -0.504 e. The van der Waals surface area contributed by atoms with Crippen LogP contribution in [0.3, 0.4) is 0 Å². The highest BCUT2D eigenvalue weighted by atomic mass is 32.2. The van der Waals surface area contributed by atoms with Crippen molar-refractivity contribution in [2.75, 3.05) is 12.8 Å². The molecule has 104 valence electrons. The van der Waals surface area contributed by atoms with Crippen molar-refractivity contribution in [3.8, 4) is 11.5 Å². The van der Waals surface area contributed by atoms with E-state index in [0.29, 0.717) is 6.54 Å². The Morgan fingerprint density at radius 2 is 2.05 bits per heavy atom. The molecule has 0 saturated heterocycles. The third-order valence-electron chi connectivity index (χ3n) is 3.78. The van der Waals surface area contributed by atoms with E-state index in [1.54, 1.807) is 17.8 Å². The van der Waals surface area contributed by atoms with Crippen molar-refractivity contribution in [1.29, 1.82) is 0 Å². The quantitative estimate of drug-likeness (QED) is 0.742. The SMILES string of the molecule is CSC1(CNC(=O)c2cccc(O)c2O)CCCC1. The van der Waals surface area contributed by atoms with Crippen molar-refractivity contribution in [3.63, 3.8) is 0 Å². The molecule has 4 nitrogen and oxygen atoms in total. The van der Waals surface area contributed by atoms with Crippen molar-refractivity contribution in [3.05, 3.63) is 23.8 Å². The summed E-state index contributed by atoms with van der Waals surface area (Å²) >= 11 is 1.80. The largest absolute Gasteiger partial charge is 0.504 e. The van der Waals surface area contributed by atoms with E-state index in [2.05, 4.69) is 11.6 Å². The van der Waals surface area contributed by atoms with Gasteiger partial charge in [0.2, 0.25) is 0 Å². The molecule has 1 amide bonds. The molecule has 19 heavy (non-hydrogen) atoms. The molecule has 0 heterocycles. The average molecular weight is 281 g/mol. The lowest BCUT2D eigenvalue weighted by molar-refractivity contribution is 0.0946. The fourth-order valence-electron chi connectivity index (χ4n) is 2.52. The van der Waals surface area contributed by atoms with Gasteiger partial charge in [-0.25, -0.2) is 0 Å². The molecule has 0 aliphatic heterocycles. The van der Waals surface area contributed by atoms with Crippen LogP contribution in [0.25, 0.3) is 0 Å². The molecule has 2 rings (SSSR count). The smallest absolute Gasteiger partial charge is 0.255 e. The minimum atomic E-state index is -0.357. The maximum Gasteiger partial charge on any atom is 0.255 e. The fourth-order valence-corrected chi connectivity index (χ4v) is 3.44. The van der Waals surface area contributed by atoms with Crippen molar-refractivity contribution < 1.29 is 15.0 Å². The van der Waals surface area contributed by atoms with Gasteiger partial charge in [-0.15, -0.1) is 0 Å². The summed E-state index contributed by atoms with van der Waals surface area (Å²) in [5.41, 5.74) is 0.120. The molecular weight excluding hydrogens is 262 g/mol. The molecule has 5 heteroatoms. The van der Waals surface area contributed by atoms with Gasteiger partial charge in [-0.3, -0.25) is 4.79 Å². The average Bonchev–Trinajstić information content (AvgIpc) is 2.89. The standard InChI is InChI=1S/C14H19NO3S/c1-19-14(7-2-3-8-14)9-15-13(18)10-5-4-6-11(16)12(10)17/h4-6,16-17H,2-3,7-9H2,1H3,(H,15,18). The Kier molecular flexibility index (Phi) is 4.24. The van der Waals surface area contributed by atoms with Gasteiger partial charge in [-0.05, 0) is 31.2 Å². The lowest BCUT2D eigenvalue weighted by Gasteiger charge is -2.27. The van der Waals surface area contributed by atoms with Gasteiger partial charge < -0.3 is 15.5 Å². The predicted octanol–water partition coefficient (Wildman–Crippen LogP) is 2.50. The van der Waals surface area contributed by atoms with Crippen LogP contribution in [0.1, 0.15) is 36.0 Å². The summed E-state index contributed by atoms with van der Waals surface area (Å²) in [6.07, 6.45) is 6.70. The number of rotatable bonds is 4. The molecule has 0 aromatic heterocycles. The second-order valence-corrected chi connectivity index (χ2v) is 6.22. The van der Waals surface area contributed by atoms with Crippen LogP contribution in [0.5, 0.6) is 11.5 Å². The van der Waals surface area contributed by atoms with Crippen LogP contribution < -0.4 is 5.32 Å². The van der Waals surface area contributed by atoms with E-state index in [0.717, 1.165) is 12.8 Å². The zero-order valence-corrected chi connectivity index (χ0v) is 11.8. The third-order valence-corrected chi connectivity index (χ3v) is 5.20. The van der Waals surface area contributed by atoms with Crippen molar-refractivity contribution in [2.45, 2.75) is 30.4 Å². The number of phenols is 2. The normalized spacial score (nSPS) is 17.3. The number of amides is 1. The van der Waals surface area contributed by atoms with Crippen LogP contribution >= 0.6 is 11.8 Å². The summed E-state index contributed by atoms with van der Waals surface area (Å²) in [7, 11) is 0. The van der Waals surface area contributed by atoms with Gasteiger partial charge in [0.05, 0.1) is 5.56 Å². The lowest BCUT2D eigenvalue weighted by atomic mass is 10.1. The number of hydrogen-bond donors (Lipinski definition) is 3. The van der Waals surface area contributed by atoms with E-state index in [1.807, 2.05) is 0 Å². The molecule has 0 spiro atoms. The number of carbonyl (C=O) groups is 1. The Bertz CT molecular complexity index is 470. The second-order valence-electron chi connectivity index (χ2n) is 4.95. The molecule has 1 aliphatic rings. The first kappa shape index (κ1) is 14.1. The van der Waals surface area contributed by atoms with E-state index in [4.69, 9.17) is 0 Å². The first-order valence-corrected chi connectivity index (χ1v) is 7.65. The first-order chi connectivity index (χ1) is 9.08. The van der Waals surface area contributed by atoms with Crippen molar-refractivity contribution in [1.82, 2.24) is 5.32 Å². The Labute approximate surface area is 117 Å². The number of carbonyl (C=O) groups excluding carboxylic acids is 1. The zero-order valence-electron chi connectivity index (χ0n) is 11.0. The maximum atomic E-state index is 12.0. The summed E-state index contributed by atoms with van der Waals surface area (Å²) in [6, 6.07) is 4.40. The highest BCUT2D eigenvalue weighted by Crippen LogP contribution is 2.39. The predicted molar refractivity (Wildman–Crippen MR) is 76.8 cm³/mol. The van der Waals surface area contributed by atoms with E-state index in [9.17, 15) is 15.0 Å². The Hall–Kier alpha value is -1.36. The van der Waals surface area contributed by atoms with Crippen LogP contribution in [-0.2, 0) is 0 Å². The number of nitrogens with one attached hydrogen (secondary N) is 1. The maximum absolute atomic E-state index is 12.0. The van der Waals surface area contributed by atoms with Gasteiger partial charge in [0.25, 0.3) is 5.91 Å². The van der Waals surface area contributed by atoms with Gasteiger partial charge in [0.15, 0.2) is 11.5 Å². The first-order valence-electron chi connectivity index (χ1n) is 6.42. The summed E-state index contributed by atoms with van der Waals surface area (Å²) in [5, 5.41) is 21.9. The summed E-state index contributed by atoms with van der Waals surface area (Å²) in [5.74, 6) is -0.966. The monoisotopic (exact) mass is 281 g/mol. The molecule has 0 radical (unpaired) electrons. The van der Waals surface area contributed by atoms with Crippen molar-refractivity contribution in [2.24, 2.45) is 0 Å². The topological polar surface area (TPSA) is 69.6 Å². The molecule has 0 unspecified atom stereocenters. The second kappa shape index (κ2) is 5.74. The Morgan fingerprint density at radius 3 is 2.68 bits per heavy atom. The molecular formula is C14H19NO3S. The number of para-hydroxylation sites is 1. The lowest BCUT2D eigenvalue weighted by Crippen LogP contribution is -2.38. The van der Waals surface area contributed by atoms with Crippen LogP contribution in [-0.4, -0.2) is 33.7 Å². The molecule has 3 N–H and O–H groups in total. The summed E-state index contributed by atoms with van der Waals surface area (Å²) < 4.78 is 0.127. The van der Waals surface area contributed by atoms with Gasteiger partial charge >= 0.3 is 0 Å². The Morgan fingerprint density at radius 1 is 1.37 bits per heavy atom. The van der Waals surface area contributed by atoms with E-state index in [1.165, 1.54) is 25.0 Å². The van der Waals surface area contributed by atoms with Gasteiger partial charge in [0, 0.05) is 11.3 Å². The van der Waals surface area contributed by atoms with Gasteiger partial charge in [-0.2, -0.15) is 11.8 Å². The third kappa shape index (κ3) is 2.97. The van der Waals surface area contributed by atoms with Crippen LogP contribution in [0.4, 0.5) is 0 Å². The molecule has 1 saturated carbocycles. The molecule has 0 atom stereocenters. The van der Waals surface area contributed by atoms with Crippen LogP contribution in [0.15, 0.2) is 18.2 Å². The van der Waals surface area contributed by atoms with Crippen LogP contribution in [0, 0.1) is 0 Å². The molecule has 1 aromatic carbocycles. The molecule has 1 fully saturated rings. The van der Waals surface area contributed by atoms with E-state index in [-0.39, 0.29) is 27.7 Å².